The van der Waals surface area contributed by atoms with Crippen molar-refractivity contribution in [2.24, 2.45) is 0 Å². The first-order valence-corrected chi connectivity index (χ1v) is 8.17. The van der Waals surface area contributed by atoms with E-state index in [1.165, 1.54) is 11.3 Å². The largest absolute Gasteiger partial charge is 0.474 e. The van der Waals surface area contributed by atoms with Gasteiger partial charge in [0.1, 0.15) is 16.8 Å². The summed E-state index contributed by atoms with van der Waals surface area (Å²) in [6, 6.07) is 1.77. The SMILES string of the molecule is Cc1nccc(OC2CCN(C(=O)c3scnc3C)CC2)n1. The molecule has 1 saturated heterocycles. The number of piperidine rings is 1. The Balaban J connectivity index is 1.56. The molecular formula is C15H18N4O2S. The molecule has 0 atom stereocenters. The summed E-state index contributed by atoms with van der Waals surface area (Å²) in [5.41, 5.74) is 2.53. The lowest BCUT2D eigenvalue weighted by atomic mass is 10.1. The second-order valence-electron chi connectivity index (χ2n) is 5.32. The van der Waals surface area contributed by atoms with Gasteiger partial charge in [-0.1, -0.05) is 0 Å². The number of carbonyl (C=O) groups is 1. The monoisotopic (exact) mass is 318 g/mol. The summed E-state index contributed by atoms with van der Waals surface area (Å²) >= 11 is 1.41. The molecule has 2 aromatic heterocycles. The number of thiazole rings is 1. The normalized spacial score (nSPS) is 15.8. The number of carbonyl (C=O) groups excluding carboxylic acids is 1. The molecule has 7 heteroatoms. The molecule has 3 rings (SSSR count). The summed E-state index contributed by atoms with van der Waals surface area (Å²) in [6.07, 6.45) is 3.42. The van der Waals surface area contributed by atoms with E-state index < -0.39 is 0 Å². The number of hydrogen-bond acceptors (Lipinski definition) is 6. The van der Waals surface area contributed by atoms with Gasteiger partial charge in [0.2, 0.25) is 5.88 Å². The Morgan fingerprint density at radius 3 is 2.73 bits per heavy atom. The first-order chi connectivity index (χ1) is 10.6. The summed E-state index contributed by atoms with van der Waals surface area (Å²) in [4.78, 5) is 27.5. The van der Waals surface area contributed by atoms with Crippen molar-refractivity contribution in [1.29, 1.82) is 0 Å². The molecule has 2 aromatic rings. The van der Waals surface area contributed by atoms with E-state index in [0.29, 0.717) is 24.8 Å². The fraction of sp³-hybridized carbons (Fsp3) is 0.467. The molecule has 0 radical (unpaired) electrons. The highest BCUT2D eigenvalue weighted by atomic mass is 32.1. The number of hydrogen-bond donors (Lipinski definition) is 0. The number of likely N-dealkylation sites (tertiary alicyclic amines) is 1. The summed E-state index contributed by atoms with van der Waals surface area (Å²) in [6.45, 7) is 5.11. The van der Waals surface area contributed by atoms with Crippen molar-refractivity contribution in [3.05, 3.63) is 34.2 Å². The predicted octanol–water partition coefficient (Wildman–Crippen LogP) is 2.23. The number of ether oxygens (including phenoxy) is 1. The molecule has 22 heavy (non-hydrogen) atoms. The van der Waals surface area contributed by atoms with Gasteiger partial charge in [-0.3, -0.25) is 4.79 Å². The van der Waals surface area contributed by atoms with E-state index in [4.69, 9.17) is 4.74 Å². The summed E-state index contributed by atoms with van der Waals surface area (Å²) in [5.74, 6) is 1.39. The van der Waals surface area contributed by atoms with Crippen molar-refractivity contribution in [2.75, 3.05) is 13.1 Å². The van der Waals surface area contributed by atoms with E-state index in [0.717, 1.165) is 23.4 Å². The standard InChI is InChI=1S/C15H18N4O2S/c1-10-14(22-9-17-10)15(20)19-7-4-12(5-8-19)21-13-3-6-16-11(2)18-13/h3,6,9,12H,4-5,7-8H2,1-2H3. The number of aryl methyl sites for hydroxylation is 2. The van der Waals surface area contributed by atoms with Crippen LogP contribution in [0, 0.1) is 13.8 Å². The van der Waals surface area contributed by atoms with Crippen LogP contribution in [0.5, 0.6) is 5.88 Å². The van der Waals surface area contributed by atoms with Crippen LogP contribution in [0.25, 0.3) is 0 Å². The zero-order chi connectivity index (χ0) is 15.5. The number of rotatable bonds is 3. The zero-order valence-electron chi connectivity index (χ0n) is 12.7. The van der Waals surface area contributed by atoms with Crippen LogP contribution in [0.1, 0.15) is 34.0 Å². The average molecular weight is 318 g/mol. The van der Waals surface area contributed by atoms with Gasteiger partial charge in [-0.05, 0) is 13.8 Å². The Morgan fingerprint density at radius 2 is 2.09 bits per heavy atom. The fourth-order valence-electron chi connectivity index (χ4n) is 2.50. The van der Waals surface area contributed by atoms with Gasteiger partial charge in [0, 0.05) is 38.2 Å². The summed E-state index contributed by atoms with van der Waals surface area (Å²) in [5, 5.41) is 0. The van der Waals surface area contributed by atoms with Crippen molar-refractivity contribution in [2.45, 2.75) is 32.8 Å². The second-order valence-corrected chi connectivity index (χ2v) is 6.17. The third-order valence-corrected chi connectivity index (χ3v) is 4.62. The second kappa shape index (κ2) is 6.39. The number of aromatic nitrogens is 3. The number of amides is 1. The molecule has 1 aliphatic heterocycles. The lowest BCUT2D eigenvalue weighted by molar-refractivity contribution is 0.0591. The van der Waals surface area contributed by atoms with Gasteiger partial charge in [0.05, 0.1) is 11.2 Å². The van der Waals surface area contributed by atoms with Crippen molar-refractivity contribution >= 4 is 17.2 Å². The first-order valence-electron chi connectivity index (χ1n) is 7.29. The predicted molar refractivity (Wildman–Crippen MR) is 83.2 cm³/mol. The zero-order valence-corrected chi connectivity index (χ0v) is 13.5. The molecule has 1 fully saturated rings. The quantitative estimate of drug-likeness (QED) is 0.868. The van der Waals surface area contributed by atoms with E-state index in [1.54, 1.807) is 17.8 Å². The van der Waals surface area contributed by atoms with Gasteiger partial charge in [0.15, 0.2) is 0 Å². The van der Waals surface area contributed by atoms with Crippen LogP contribution in [0.15, 0.2) is 17.8 Å². The molecule has 1 aliphatic rings. The van der Waals surface area contributed by atoms with Gasteiger partial charge >= 0.3 is 0 Å². The molecule has 116 valence electrons. The highest BCUT2D eigenvalue weighted by Crippen LogP contribution is 2.21. The average Bonchev–Trinajstić information content (AvgIpc) is 2.93. The molecule has 3 heterocycles. The van der Waals surface area contributed by atoms with Crippen LogP contribution in [-0.4, -0.2) is 45.0 Å². The van der Waals surface area contributed by atoms with Crippen LogP contribution < -0.4 is 4.74 Å². The Labute approximate surface area is 133 Å². The van der Waals surface area contributed by atoms with Crippen molar-refractivity contribution in [3.8, 4) is 5.88 Å². The lowest BCUT2D eigenvalue weighted by Crippen LogP contribution is -2.41. The molecule has 0 saturated carbocycles. The minimum absolute atomic E-state index is 0.0799. The van der Waals surface area contributed by atoms with Crippen LogP contribution in [0.2, 0.25) is 0 Å². The van der Waals surface area contributed by atoms with E-state index in [9.17, 15) is 4.79 Å². The maximum Gasteiger partial charge on any atom is 0.265 e. The lowest BCUT2D eigenvalue weighted by Gasteiger charge is -2.31. The minimum atomic E-state index is 0.0799. The molecule has 0 aromatic carbocycles. The van der Waals surface area contributed by atoms with Crippen molar-refractivity contribution in [1.82, 2.24) is 19.9 Å². The van der Waals surface area contributed by atoms with Gasteiger partial charge < -0.3 is 9.64 Å². The van der Waals surface area contributed by atoms with Gasteiger partial charge in [-0.15, -0.1) is 11.3 Å². The fourth-order valence-corrected chi connectivity index (χ4v) is 3.27. The molecule has 0 bridgehead atoms. The van der Waals surface area contributed by atoms with E-state index >= 15 is 0 Å². The Morgan fingerprint density at radius 1 is 1.32 bits per heavy atom. The van der Waals surface area contributed by atoms with E-state index in [2.05, 4.69) is 15.0 Å². The molecule has 0 spiro atoms. The van der Waals surface area contributed by atoms with Gasteiger partial charge in [0.25, 0.3) is 5.91 Å². The molecule has 0 unspecified atom stereocenters. The summed E-state index contributed by atoms with van der Waals surface area (Å²) in [7, 11) is 0. The third-order valence-electron chi connectivity index (χ3n) is 3.71. The van der Waals surface area contributed by atoms with Gasteiger partial charge in [-0.2, -0.15) is 4.98 Å². The van der Waals surface area contributed by atoms with Crippen molar-refractivity contribution < 1.29 is 9.53 Å². The van der Waals surface area contributed by atoms with Crippen molar-refractivity contribution in [3.63, 3.8) is 0 Å². The van der Waals surface area contributed by atoms with Gasteiger partial charge in [-0.25, -0.2) is 9.97 Å². The molecular weight excluding hydrogens is 300 g/mol. The molecule has 1 amide bonds. The van der Waals surface area contributed by atoms with Crippen LogP contribution in [0.3, 0.4) is 0 Å². The Kier molecular flexibility index (Phi) is 4.33. The molecule has 6 nitrogen and oxygen atoms in total. The maximum atomic E-state index is 12.4. The van der Waals surface area contributed by atoms with Crippen LogP contribution >= 0.6 is 11.3 Å². The highest BCUT2D eigenvalue weighted by Gasteiger charge is 2.26. The Bertz CT molecular complexity index is 665. The number of nitrogens with zero attached hydrogens (tertiary/aromatic N) is 4. The van der Waals surface area contributed by atoms with Crippen LogP contribution in [-0.2, 0) is 0 Å². The van der Waals surface area contributed by atoms with E-state index in [-0.39, 0.29) is 12.0 Å². The van der Waals surface area contributed by atoms with E-state index in [1.807, 2.05) is 18.7 Å². The topological polar surface area (TPSA) is 68.2 Å². The summed E-state index contributed by atoms with van der Waals surface area (Å²) < 4.78 is 5.88. The highest BCUT2D eigenvalue weighted by molar-refractivity contribution is 7.11. The smallest absolute Gasteiger partial charge is 0.265 e. The maximum absolute atomic E-state index is 12.4. The minimum Gasteiger partial charge on any atom is -0.474 e. The Hall–Kier alpha value is -2.02. The van der Waals surface area contributed by atoms with Crippen LogP contribution in [0.4, 0.5) is 0 Å². The first kappa shape index (κ1) is 14.9. The third kappa shape index (κ3) is 3.24. The molecule has 0 N–H and O–H groups in total. The molecule has 0 aliphatic carbocycles.